The molecule has 1 unspecified atom stereocenters. The summed E-state index contributed by atoms with van der Waals surface area (Å²) in [5.41, 5.74) is 2.38. The van der Waals surface area contributed by atoms with Crippen LogP contribution in [0.2, 0.25) is 5.02 Å². The minimum Gasteiger partial charge on any atom is -0.494 e. The summed E-state index contributed by atoms with van der Waals surface area (Å²) in [6.07, 6.45) is 3.36. The SMILES string of the molecule is OCC(c1ccccc1)(c1ccc(Cl)cc1)c1ccc(OCCCCCBr)cc1. The van der Waals surface area contributed by atoms with Crippen LogP contribution in [-0.2, 0) is 5.41 Å². The normalized spacial score (nSPS) is 13.1. The molecule has 0 saturated carbocycles. The molecule has 0 aliphatic rings. The summed E-state index contributed by atoms with van der Waals surface area (Å²) >= 11 is 9.57. The van der Waals surface area contributed by atoms with E-state index in [-0.39, 0.29) is 6.61 Å². The summed E-state index contributed by atoms with van der Waals surface area (Å²) < 4.78 is 5.89. The Bertz CT molecular complexity index is 866. The molecule has 0 fully saturated rings. The molecule has 0 aliphatic carbocycles. The van der Waals surface area contributed by atoms with Crippen molar-refractivity contribution in [2.75, 3.05) is 18.5 Å². The van der Waals surface area contributed by atoms with Crippen molar-refractivity contribution >= 4 is 27.5 Å². The van der Waals surface area contributed by atoms with E-state index in [4.69, 9.17) is 16.3 Å². The van der Waals surface area contributed by atoms with Gasteiger partial charge in [-0.25, -0.2) is 0 Å². The lowest BCUT2D eigenvalue weighted by Crippen LogP contribution is -2.33. The van der Waals surface area contributed by atoms with Crippen molar-refractivity contribution in [2.45, 2.75) is 24.7 Å². The maximum atomic E-state index is 10.6. The Morgan fingerprint density at radius 1 is 0.759 bits per heavy atom. The Hall–Kier alpha value is -1.81. The highest BCUT2D eigenvalue weighted by Gasteiger charge is 2.35. The Kier molecular flexibility index (Phi) is 8.17. The van der Waals surface area contributed by atoms with Gasteiger partial charge in [0.05, 0.1) is 18.6 Å². The molecule has 3 aromatic rings. The van der Waals surface area contributed by atoms with E-state index in [1.807, 2.05) is 66.7 Å². The molecule has 0 heterocycles. The third-order valence-corrected chi connectivity index (χ3v) is 6.05. The van der Waals surface area contributed by atoms with Gasteiger partial charge in [0.25, 0.3) is 0 Å². The Labute approximate surface area is 186 Å². The second-order valence-corrected chi connectivity index (χ2v) is 8.29. The lowest BCUT2D eigenvalue weighted by molar-refractivity contribution is 0.242. The second kappa shape index (κ2) is 10.8. The molecule has 0 bridgehead atoms. The van der Waals surface area contributed by atoms with Gasteiger partial charge in [0.15, 0.2) is 0 Å². The zero-order chi connectivity index (χ0) is 20.5. The molecule has 0 spiro atoms. The van der Waals surface area contributed by atoms with Crippen LogP contribution < -0.4 is 4.74 Å². The molecule has 1 N–H and O–H groups in total. The standard InChI is InChI=1S/C25H26BrClO2/c26-17-5-2-6-18-29-24-15-11-22(12-16-24)25(19-28,20-7-3-1-4-8-20)21-9-13-23(27)14-10-21/h1,3-4,7-16,28H,2,5-6,17-19H2. The average Bonchev–Trinajstić information content (AvgIpc) is 2.77. The molecule has 3 rings (SSSR count). The van der Waals surface area contributed by atoms with Gasteiger partial charge < -0.3 is 9.84 Å². The van der Waals surface area contributed by atoms with E-state index >= 15 is 0 Å². The summed E-state index contributed by atoms with van der Waals surface area (Å²) in [5, 5.41) is 12.3. The topological polar surface area (TPSA) is 29.5 Å². The fourth-order valence-corrected chi connectivity index (χ4v) is 4.15. The van der Waals surface area contributed by atoms with Gasteiger partial charge in [0.2, 0.25) is 0 Å². The minimum absolute atomic E-state index is 0.0502. The van der Waals surface area contributed by atoms with E-state index < -0.39 is 5.41 Å². The van der Waals surface area contributed by atoms with Gasteiger partial charge in [-0.2, -0.15) is 0 Å². The van der Waals surface area contributed by atoms with Crippen LogP contribution in [0.4, 0.5) is 0 Å². The van der Waals surface area contributed by atoms with Crippen LogP contribution in [0, 0.1) is 0 Å². The van der Waals surface area contributed by atoms with Crippen LogP contribution in [0.1, 0.15) is 36.0 Å². The van der Waals surface area contributed by atoms with Crippen molar-refractivity contribution in [2.24, 2.45) is 0 Å². The third kappa shape index (κ3) is 5.22. The van der Waals surface area contributed by atoms with Crippen LogP contribution in [0.25, 0.3) is 0 Å². The molecular weight excluding hydrogens is 448 g/mol. The molecule has 0 radical (unpaired) electrons. The average molecular weight is 474 g/mol. The van der Waals surface area contributed by atoms with Crippen LogP contribution in [0.15, 0.2) is 78.9 Å². The highest BCUT2D eigenvalue weighted by molar-refractivity contribution is 9.09. The lowest BCUT2D eigenvalue weighted by atomic mass is 9.70. The van der Waals surface area contributed by atoms with Crippen molar-refractivity contribution in [3.8, 4) is 5.75 Å². The largest absolute Gasteiger partial charge is 0.494 e. The van der Waals surface area contributed by atoms with Crippen molar-refractivity contribution in [3.05, 3.63) is 101 Å². The molecular formula is C25H26BrClO2. The van der Waals surface area contributed by atoms with Gasteiger partial charge in [-0.1, -0.05) is 82.1 Å². The highest BCUT2D eigenvalue weighted by atomic mass is 79.9. The van der Waals surface area contributed by atoms with Gasteiger partial charge in [0, 0.05) is 10.4 Å². The lowest BCUT2D eigenvalue weighted by Gasteiger charge is -2.34. The van der Waals surface area contributed by atoms with E-state index in [0.717, 1.165) is 40.6 Å². The Morgan fingerprint density at radius 3 is 1.93 bits per heavy atom. The van der Waals surface area contributed by atoms with Crippen molar-refractivity contribution in [1.29, 1.82) is 0 Å². The summed E-state index contributed by atoms with van der Waals surface area (Å²) in [7, 11) is 0. The van der Waals surface area contributed by atoms with E-state index in [1.165, 1.54) is 6.42 Å². The van der Waals surface area contributed by atoms with Gasteiger partial charge >= 0.3 is 0 Å². The zero-order valence-corrected chi connectivity index (χ0v) is 18.7. The molecule has 0 aliphatic heterocycles. The van der Waals surface area contributed by atoms with Crippen LogP contribution in [-0.4, -0.2) is 23.7 Å². The first-order valence-corrected chi connectivity index (χ1v) is 11.4. The maximum absolute atomic E-state index is 10.6. The number of benzene rings is 3. The quantitative estimate of drug-likeness (QED) is 0.204. The number of aliphatic hydroxyl groups is 1. The first-order valence-electron chi connectivity index (χ1n) is 9.92. The molecule has 1 atom stereocenters. The maximum Gasteiger partial charge on any atom is 0.119 e. The molecule has 29 heavy (non-hydrogen) atoms. The van der Waals surface area contributed by atoms with Gasteiger partial charge in [-0.15, -0.1) is 0 Å². The number of alkyl halides is 1. The number of unbranched alkanes of at least 4 members (excludes halogenated alkanes) is 2. The number of rotatable bonds is 10. The summed E-state index contributed by atoms with van der Waals surface area (Å²) in [4.78, 5) is 0. The summed E-state index contributed by atoms with van der Waals surface area (Å²) in [6, 6.07) is 25.9. The fourth-order valence-electron chi connectivity index (χ4n) is 3.63. The van der Waals surface area contributed by atoms with Gasteiger partial charge in [0.1, 0.15) is 5.75 Å². The highest BCUT2D eigenvalue weighted by Crippen LogP contribution is 2.39. The first kappa shape index (κ1) is 21.9. The van der Waals surface area contributed by atoms with Gasteiger partial charge in [-0.3, -0.25) is 0 Å². The molecule has 0 aromatic heterocycles. The molecule has 4 heteroatoms. The van der Waals surface area contributed by atoms with E-state index in [1.54, 1.807) is 0 Å². The van der Waals surface area contributed by atoms with E-state index in [0.29, 0.717) is 11.6 Å². The summed E-state index contributed by atoms with van der Waals surface area (Å²) in [6.45, 7) is 0.665. The predicted molar refractivity (Wildman–Crippen MR) is 124 cm³/mol. The number of hydrogen-bond acceptors (Lipinski definition) is 2. The van der Waals surface area contributed by atoms with E-state index in [2.05, 4.69) is 28.1 Å². The minimum atomic E-state index is -0.666. The van der Waals surface area contributed by atoms with Crippen LogP contribution in [0.3, 0.4) is 0 Å². The monoisotopic (exact) mass is 472 g/mol. The van der Waals surface area contributed by atoms with Crippen LogP contribution >= 0.6 is 27.5 Å². The predicted octanol–water partition coefficient (Wildman–Crippen LogP) is 6.61. The summed E-state index contributed by atoms with van der Waals surface area (Å²) in [5.74, 6) is 0.851. The van der Waals surface area contributed by atoms with Crippen molar-refractivity contribution in [1.82, 2.24) is 0 Å². The molecule has 0 saturated heterocycles. The smallest absolute Gasteiger partial charge is 0.119 e. The number of aliphatic hydroxyl groups excluding tert-OH is 1. The van der Waals surface area contributed by atoms with Crippen molar-refractivity contribution in [3.63, 3.8) is 0 Å². The zero-order valence-electron chi connectivity index (χ0n) is 16.4. The molecule has 152 valence electrons. The van der Waals surface area contributed by atoms with Gasteiger partial charge in [-0.05, 0) is 60.2 Å². The Morgan fingerprint density at radius 2 is 1.34 bits per heavy atom. The molecule has 0 amide bonds. The third-order valence-electron chi connectivity index (χ3n) is 5.23. The molecule has 2 nitrogen and oxygen atoms in total. The fraction of sp³-hybridized carbons (Fsp3) is 0.280. The Balaban J connectivity index is 1.91. The number of hydrogen-bond donors (Lipinski definition) is 1. The second-order valence-electron chi connectivity index (χ2n) is 7.06. The first-order chi connectivity index (χ1) is 14.2. The number of ether oxygens (including phenoxy) is 1. The van der Waals surface area contributed by atoms with E-state index in [9.17, 15) is 5.11 Å². The molecule has 3 aromatic carbocycles. The van der Waals surface area contributed by atoms with Crippen molar-refractivity contribution < 1.29 is 9.84 Å². The van der Waals surface area contributed by atoms with Crippen LogP contribution in [0.5, 0.6) is 5.75 Å². The number of halogens is 2.